The number of hydrogen-bond acceptors (Lipinski definition) is 2. The van der Waals surface area contributed by atoms with Crippen LogP contribution in [-0.2, 0) is 4.79 Å². The first kappa shape index (κ1) is 7.82. The van der Waals surface area contributed by atoms with Gasteiger partial charge >= 0.3 is 0 Å². The summed E-state index contributed by atoms with van der Waals surface area (Å²) in [5.41, 5.74) is 0.160. The Balaban J connectivity index is 3.49. The van der Waals surface area contributed by atoms with Gasteiger partial charge in [0, 0.05) is 0 Å². The molecule has 0 bridgehead atoms. The van der Waals surface area contributed by atoms with Gasteiger partial charge in [-0.05, 0) is 22.4 Å². The van der Waals surface area contributed by atoms with E-state index in [0.29, 0.717) is 6.42 Å². The standard InChI is InChI=1S/C5H8BrNO/c1-2-3-4(7)5(6)8/h7H,2-3H2,1H3. The molecule has 0 aromatic heterocycles. The topological polar surface area (TPSA) is 40.9 Å². The van der Waals surface area contributed by atoms with Crippen LogP contribution in [0.15, 0.2) is 0 Å². The van der Waals surface area contributed by atoms with E-state index in [1.165, 1.54) is 0 Å². The lowest BCUT2D eigenvalue weighted by molar-refractivity contribution is -0.105. The Bertz CT molecular complexity index is 111. The van der Waals surface area contributed by atoms with E-state index in [0.717, 1.165) is 6.42 Å². The SMILES string of the molecule is CCCC(=N)C(=O)Br. The average Bonchev–Trinajstić information content (AvgIpc) is 1.67. The van der Waals surface area contributed by atoms with Crippen LogP contribution in [0.25, 0.3) is 0 Å². The molecule has 0 aromatic rings. The third kappa shape index (κ3) is 2.91. The van der Waals surface area contributed by atoms with Gasteiger partial charge in [-0.15, -0.1) is 0 Å². The molecular formula is C5H8BrNO. The van der Waals surface area contributed by atoms with Crippen LogP contribution in [0.5, 0.6) is 0 Å². The van der Waals surface area contributed by atoms with E-state index in [-0.39, 0.29) is 10.4 Å². The Morgan fingerprint density at radius 1 is 1.75 bits per heavy atom. The zero-order chi connectivity index (χ0) is 6.57. The number of halogens is 1. The summed E-state index contributed by atoms with van der Waals surface area (Å²) in [5, 5.41) is 6.95. The molecule has 46 valence electrons. The van der Waals surface area contributed by atoms with Crippen LogP contribution < -0.4 is 0 Å². The van der Waals surface area contributed by atoms with Crippen molar-refractivity contribution in [1.29, 1.82) is 5.41 Å². The molecule has 0 atom stereocenters. The summed E-state index contributed by atoms with van der Waals surface area (Å²) in [6, 6.07) is 0. The van der Waals surface area contributed by atoms with Gasteiger partial charge in [0.2, 0.25) is 4.69 Å². The zero-order valence-corrected chi connectivity index (χ0v) is 6.29. The van der Waals surface area contributed by atoms with Crippen molar-refractivity contribution >= 4 is 26.3 Å². The minimum absolute atomic E-state index is 0.160. The fourth-order valence-electron chi connectivity index (χ4n) is 0.348. The first-order valence-corrected chi connectivity index (χ1v) is 3.25. The maximum absolute atomic E-state index is 10.2. The van der Waals surface area contributed by atoms with Crippen molar-refractivity contribution in [2.24, 2.45) is 0 Å². The minimum Gasteiger partial charge on any atom is -0.301 e. The quantitative estimate of drug-likeness (QED) is 0.518. The van der Waals surface area contributed by atoms with E-state index < -0.39 is 0 Å². The summed E-state index contributed by atoms with van der Waals surface area (Å²) in [5.74, 6) is 0. The molecule has 0 fully saturated rings. The Labute approximate surface area is 56.9 Å². The highest BCUT2D eigenvalue weighted by Gasteiger charge is 2.00. The summed E-state index contributed by atoms with van der Waals surface area (Å²) in [6.45, 7) is 1.94. The lowest BCUT2D eigenvalue weighted by Gasteiger charge is -1.89. The van der Waals surface area contributed by atoms with Gasteiger partial charge in [0.15, 0.2) is 0 Å². The Hall–Kier alpha value is -0.180. The number of carbonyl (C=O) groups is 1. The molecule has 0 saturated carbocycles. The third-order valence-electron chi connectivity index (χ3n) is 0.737. The second-order valence-corrected chi connectivity index (χ2v) is 2.22. The molecule has 1 N–H and O–H groups in total. The summed E-state index contributed by atoms with van der Waals surface area (Å²) in [7, 11) is 0. The molecule has 0 aliphatic carbocycles. The number of rotatable bonds is 3. The largest absolute Gasteiger partial charge is 0.301 e. The first-order valence-electron chi connectivity index (χ1n) is 2.45. The fourth-order valence-corrected chi connectivity index (χ4v) is 0.547. The summed E-state index contributed by atoms with van der Waals surface area (Å²) in [6.07, 6.45) is 1.43. The van der Waals surface area contributed by atoms with Gasteiger partial charge in [-0.2, -0.15) is 0 Å². The average molecular weight is 178 g/mol. The smallest absolute Gasteiger partial charge is 0.241 e. The third-order valence-corrected chi connectivity index (χ3v) is 1.22. The molecule has 0 radical (unpaired) electrons. The van der Waals surface area contributed by atoms with Crippen LogP contribution in [0.2, 0.25) is 0 Å². The van der Waals surface area contributed by atoms with E-state index in [1.54, 1.807) is 0 Å². The van der Waals surface area contributed by atoms with Crippen molar-refractivity contribution < 1.29 is 4.79 Å². The van der Waals surface area contributed by atoms with E-state index in [2.05, 4.69) is 15.9 Å². The van der Waals surface area contributed by atoms with Crippen LogP contribution in [0.1, 0.15) is 19.8 Å². The highest BCUT2D eigenvalue weighted by Crippen LogP contribution is 1.94. The number of hydrogen-bond donors (Lipinski definition) is 1. The van der Waals surface area contributed by atoms with Crippen molar-refractivity contribution in [3.05, 3.63) is 0 Å². The van der Waals surface area contributed by atoms with Crippen molar-refractivity contribution in [2.75, 3.05) is 0 Å². The maximum Gasteiger partial charge on any atom is 0.241 e. The molecule has 8 heavy (non-hydrogen) atoms. The van der Waals surface area contributed by atoms with Gasteiger partial charge in [0.1, 0.15) is 0 Å². The molecule has 0 aliphatic heterocycles. The highest BCUT2D eigenvalue weighted by molar-refractivity contribution is 9.19. The molecule has 0 rings (SSSR count). The Morgan fingerprint density at radius 3 is 2.38 bits per heavy atom. The minimum atomic E-state index is -0.292. The fraction of sp³-hybridized carbons (Fsp3) is 0.600. The molecule has 0 aromatic carbocycles. The van der Waals surface area contributed by atoms with Crippen molar-refractivity contribution in [1.82, 2.24) is 0 Å². The Morgan fingerprint density at radius 2 is 2.25 bits per heavy atom. The molecule has 0 saturated heterocycles. The summed E-state index contributed by atoms with van der Waals surface area (Å²) < 4.78 is -0.292. The molecule has 0 heterocycles. The van der Waals surface area contributed by atoms with Gasteiger partial charge in [-0.1, -0.05) is 13.3 Å². The van der Waals surface area contributed by atoms with Crippen molar-refractivity contribution in [3.8, 4) is 0 Å². The second-order valence-electron chi connectivity index (χ2n) is 1.50. The number of nitrogens with one attached hydrogen (secondary N) is 1. The van der Waals surface area contributed by atoms with Gasteiger partial charge in [0.05, 0.1) is 5.71 Å². The highest BCUT2D eigenvalue weighted by atomic mass is 79.9. The van der Waals surface area contributed by atoms with Crippen LogP contribution in [0.4, 0.5) is 0 Å². The monoisotopic (exact) mass is 177 g/mol. The van der Waals surface area contributed by atoms with E-state index in [9.17, 15) is 4.79 Å². The molecule has 2 nitrogen and oxygen atoms in total. The predicted octanol–water partition coefficient (Wildman–Crippen LogP) is 1.73. The molecule has 0 amide bonds. The zero-order valence-electron chi connectivity index (χ0n) is 4.70. The summed E-state index contributed by atoms with van der Waals surface area (Å²) >= 11 is 2.68. The van der Waals surface area contributed by atoms with Crippen LogP contribution in [0.3, 0.4) is 0 Å². The molecule has 3 heteroatoms. The Kier molecular flexibility index (Phi) is 3.69. The van der Waals surface area contributed by atoms with Crippen LogP contribution in [-0.4, -0.2) is 10.4 Å². The van der Waals surface area contributed by atoms with Crippen LogP contribution in [0, 0.1) is 5.41 Å². The molecule has 0 unspecified atom stereocenters. The normalized spacial score (nSPS) is 8.75. The van der Waals surface area contributed by atoms with Gasteiger partial charge < -0.3 is 5.41 Å². The predicted molar refractivity (Wildman–Crippen MR) is 36.6 cm³/mol. The second kappa shape index (κ2) is 3.78. The van der Waals surface area contributed by atoms with Gasteiger partial charge in [-0.25, -0.2) is 0 Å². The van der Waals surface area contributed by atoms with E-state index in [4.69, 9.17) is 5.41 Å². The van der Waals surface area contributed by atoms with E-state index in [1.807, 2.05) is 6.92 Å². The van der Waals surface area contributed by atoms with Crippen LogP contribution >= 0.6 is 15.9 Å². The lowest BCUT2D eigenvalue weighted by atomic mass is 10.2. The van der Waals surface area contributed by atoms with Gasteiger partial charge in [0.25, 0.3) is 0 Å². The first-order chi connectivity index (χ1) is 3.68. The van der Waals surface area contributed by atoms with Crippen molar-refractivity contribution in [3.63, 3.8) is 0 Å². The summed E-state index contributed by atoms with van der Waals surface area (Å²) in [4.78, 5) is 10.2. The lowest BCUT2D eigenvalue weighted by Crippen LogP contribution is -2.03. The maximum atomic E-state index is 10.2. The van der Waals surface area contributed by atoms with Crippen molar-refractivity contribution in [2.45, 2.75) is 19.8 Å². The molecule has 0 aliphatic rings. The molecular weight excluding hydrogens is 170 g/mol. The molecule has 0 spiro atoms. The van der Waals surface area contributed by atoms with Gasteiger partial charge in [-0.3, -0.25) is 4.79 Å². The number of carbonyl (C=O) groups excluding carboxylic acids is 1. The van der Waals surface area contributed by atoms with E-state index >= 15 is 0 Å².